The monoisotopic (exact) mass is 318 g/mol. The Morgan fingerprint density at radius 1 is 1.00 bits per heavy atom. The van der Waals surface area contributed by atoms with Crippen molar-refractivity contribution in [2.75, 3.05) is 0 Å². The zero-order chi connectivity index (χ0) is 13.9. The van der Waals surface area contributed by atoms with Gasteiger partial charge in [-0.1, -0.05) is 61.0 Å². The lowest BCUT2D eigenvalue weighted by atomic mass is 9.87. The van der Waals surface area contributed by atoms with Crippen LogP contribution in [0.4, 0.5) is 0 Å². The first kappa shape index (κ1) is 14.1. The van der Waals surface area contributed by atoms with E-state index in [4.69, 9.17) is 4.74 Å². The van der Waals surface area contributed by atoms with E-state index in [9.17, 15) is 0 Å². The molecule has 19 heavy (non-hydrogen) atoms. The highest BCUT2D eigenvalue weighted by Gasteiger charge is 2.12. The second-order valence-corrected chi connectivity index (χ2v) is 6.61. The Morgan fingerprint density at radius 3 is 2.26 bits per heavy atom. The summed E-state index contributed by atoms with van der Waals surface area (Å²) in [5, 5.41) is 0. The summed E-state index contributed by atoms with van der Waals surface area (Å²) in [5.74, 6) is 0.910. The molecule has 100 valence electrons. The Morgan fingerprint density at radius 2 is 1.68 bits per heavy atom. The molecular formula is C17H19BrO. The molecule has 0 atom stereocenters. The highest BCUT2D eigenvalue weighted by molar-refractivity contribution is 9.10. The maximum Gasteiger partial charge on any atom is 0.119 e. The first-order chi connectivity index (χ1) is 8.95. The van der Waals surface area contributed by atoms with E-state index in [1.807, 2.05) is 24.3 Å². The normalized spacial score (nSPS) is 11.4. The van der Waals surface area contributed by atoms with Gasteiger partial charge in [0.2, 0.25) is 0 Å². The molecule has 0 unspecified atom stereocenters. The fourth-order valence-electron chi connectivity index (χ4n) is 1.84. The lowest BCUT2D eigenvalue weighted by Gasteiger charge is -2.19. The van der Waals surface area contributed by atoms with Crippen LogP contribution in [0.1, 0.15) is 31.9 Å². The van der Waals surface area contributed by atoms with E-state index in [2.05, 4.69) is 61.0 Å². The number of halogens is 1. The van der Waals surface area contributed by atoms with Crippen LogP contribution < -0.4 is 4.74 Å². The number of hydrogen-bond acceptors (Lipinski definition) is 1. The SMILES string of the molecule is CC(C)(C)c1ccc(OCc2cccc(Br)c2)cc1. The molecule has 0 saturated heterocycles. The van der Waals surface area contributed by atoms with Crippen molar-refractivity contribution in [3.05, 3.63) is 64.1 Å². The summed E-state index contributed by atoms with van der Waals surface area (Å²) in [6, 6.07) is 16.5. The highest BCUT2D eigenvalue weighted by atomic mass is 79.9. The van der Waals surface area contributed by atoms with Crippen molar-refractivity contribution in [1.82, 2.24) is 0 Å². The minimum absolute atomic E-state index is 0.183. The maximum atomic E-state index is 5.79. The third kappa shape index (κ3) is 4.10. The van der Waals surface area contributed by atoms with Crippen LogP contribution in [0.2, 0.25) is 0 Å². The van der Waals surface area contributed by atoms with Crippen molar-refractivity contribution in [1.29, 1.82) is 0 Å². The summed E-state index contributed by atoms with van der Waals surface area (Å²) >= 11 is 3.46. The Kier molecular flexibility index (Phi) is 4.31. The van der Waals surface area contributed by atoms with Gasteiger partial charge in [0, 0.05) is 4.47 Å². The quantitative estimate of drug-likeness (QED) is 0.743. The molecule has 2 aromatic rings. The Hall–Kier alpha value is -1.28. The summed E-state index contributed by atoms with van der Waals surface area (Å²) < 4.78 is 6.87. The van der Waals surface area contributed by atoms with E-state index >= 15 is 0 Å². The molecule has 2 rings (SSSR count). The molecule has 0 aromatic heterocycles. The lowest BCUT2D eigenvalue weighted by Crippen LogP contribution is -2.10. The van der Waals surface area contributed by atoms with E-state index < -0.39 is 0 Å². The first-order valence-corrected chi connectivity index (χ1v) is 7.22. The molecule has 0 aliphatic carbocycles. The lowest BCUT2D eigenvalue weighted by molar-refractivity contribution is 0.306. The summed E-state index contributed by atoms with van der Waals surface area (Å²) in [6.07, 6.45) is 0. The minimum Gasteiger partial charge on any atom is -0.489 e. The van der Waals surface area contributed by atoms with Gasteiger partial charge in [-0.05, 0) is 40.8 Å². The van der Waals surface area contributed by atoms with E-state index in [-0.39, 0.29) is 5.41 Å². The van der Waals surface area contributed by atoms with Gasteiger partial charge in [-0.3, -0.25) is 0 Å². The molecular weight excluding hydrogens is 300 g/mol. The van der Waals surface area contributed by atoms with Gasteiger partial charge in [-0.2, -0.15) is 0 Å². The van der Waals surface area contributed by atoms with Gasteiger partial charge in [0.05, 0.1) is 0 Å². The smallest absolute Gasteiger partial charge is 0.119 e. The number of hydrogen-bond donors (Lipinski definition) is 0. The van der Waals surface area contributed by atoms with Crippen LogP contribution in [0.25, 0.3) is 0 Å². The Bertz CT molecular complexity index is 538. The van der Waals surface area contributed by atoms with E-state index in [1.54, 1.807) is 0 Å². The molecule has 2 heteroatoms. The van der Waals surface area contributed by atoms with Gasteiger partial charge in [0.15, 0.2) is 0 Å². The molecule has 0 bridgehead atoms. The molecule has 0 heterocycles. The van der Waals surface area contributed by atoms with Crippen LogP contribution >= 0.6 is 15.9 Å². The van der Waals surface area contributed by atoms with Crippen molar-refractivity contribution in [3.63, 3.8) is 0 Å². The van der Waals surface area contributed by atoms with Crippen molar-refractivity contribution >= 4 is 15.9 Å². The largest absolute Gasteiger partial charge is 0.489 e. The average molecular weight is 319 g/mol. The number of rotatable bonds is 3. The van der Waals surface area contributed by atoms with Crippen molar-refractivity contribution in [2.45, 2.75) is 32.8 Å². The molecule has 0 aliphatic rings. The van der Waals surface area contributed by atoms with Crippen LogP contribution in [-0.4, -0.2) is 0 Å². The van der Waals surface area contributed by atoms with E-state index in [1.165, 1.54) is 5.56 Å². The van der Waals surface area contributed by atoms with Crippen LogP contribution in [0.5, 0.6) is 5.75 Å². The Balaban J connectivity index is 2.01. The average Bonchev–Trinajstić information content (AvgIpc) is 2.36. The highest BCUT2D eigenvalue weighted by Crippen LogP contribution is 2.24. The van der Waals surface area contributed by atoms with Crippen LogP contribution in [-0.2, 0) is 12.0 Å². The third-order valence-electron chi connectivity index (χ3n) is 3.01. The summed E-state index contributed by atoms with van der Waals surface area (Å²) in [5.41, 5.74) is 2.67. The standard InChI is InChI=1S/C17H19BrO/c1-17(2,3)14-7-9-16(10-8-14)19-12-13-5-4-6-15(18)11-13/h4-11H,12H2,1-3H3. The molecule has 0 amide bonds. The molecule has 0 aliphatic heterocycles. The maximum absolute atomic E-state index is 5.79. The summed E-state index contributed by atoms with van der Waals surface area (Å²) in [7, 11) is 0. The molecule has 0 N–H and O–H groups in total. The summed E-state index contributed by atoms with van der Waals surface area (Å²) in [4.78, 5) is 0. The molecule has 0 saturated carbocycles. The fraction of sp³-hybridized carbons (Fsp3) is 0.294. The molecule has 0 fully saturated rings. The van der Waals surface area contributed by atoms with Gasteiger partial charge in [0.1, 0.15) is 12.4 Å². The predicted octanol–water partition coefficient (Wildman–Crippen LogP) is 5.33. The molecule has 0 spiro atoms. The second-order valence-electron chi connectivity index (χ2n) is 5.69. The van der Waals surface area contributed by atoms with Gasteiger partial charge in [-0.15, -0.1) is 0 Å². The number of ether oxygens (including phenoxy) is 1. The van der Waals surface area contributed by atoms with Crippen molar-refractivity contribution < 1.29 is 4.74 Å². The van der Waals surface area contributed by atoms with Crippen LogP contribution in [0.3, 0.4) is 0 Å². The van der Waals surface area contributed by atoms with E-state index in [0.29, 0.717) is 6.61 Å². The Labute approximate surface area is 123 Å². The number of benzene rings is 2. The zero-order valence-electron chi connectivity index (χ0n) is 11.6. The second kappa shape index (κ2) is 5.79. The van der Waals surface area contributed by atoms with Gasteiger partial charge < -0.3 is 4.74 Å². The zero-order valence-corrected chi connectivity index (χ0v) is 13.2. The fourth-order valence-corrected chi connectivity index (χ4v) is 2.29. The van der Waals surface area contributed by atoms with Gasteiger partial charge in [0.25, 0.3) is 0 Å². The van der Waals surface area contributed by atoms with Gasteiger partial charge >= 0.3 is 0 Å². The summed E-state index contributed by atoms with van der Waals surface area (Å²) in [6.45, 7) is 7.23. The molecule has 0 radical (unpaired) electrons. The topological polar surface area (TPSA) is 9.23 Å². The third-order valence-corrected chi connectivity index (χ3v) is 3.51. The first-order valence-electron chi connectivity index (χ1n) is 6.43. The van der Waals surface area contributed by atoms with Crippen LogP contribution in [0, 0.1) is 0 Å². The predicted molar refractivity (Wildman–Crippen MR) is 83.6 cm³/mol. The van der Waals surface area contributed by atoms with Crippen molar-refractivity contribution in [3.8, 4) is 5.75 Å². The molecule has 1 nitrogen and oxygen atoms in total. The minimum atomic E-state index is 0.183. The van der Waals surface area contributed by atoms with Crippen LogP contribution in [0.15, 0.2) is 53.0 Å². The van der Waals surface area contributed by atoms with Gasteiger partial charge in [-0.25, -0.2) is 0 Å². The van der Waals surface area contributed by atoms with E-state index in [0.717, 1.165) is 15.8 Å². The molecule has 2 aromatic carbocycles. The van der Waals surface area contributed by atoms with Crippen molar-refractivity contribution in [2.24, 2.45) is 0 Å².